The Kier molecular flexibility index (Phi) is 6.43. The van der Waals surface area contributed by atoms with Gasteiger partial charge in [-0.2, -0.15) is 0 Å². The van der Waals surface area contributed by atoms with E-state index in [1.165, 1.54) is 5.56 Å². The van der Waals surface area contributed by atoms with Crippen molar-refractivity contribution in [1.29, 1.82) is 0 Å². The van der Waals surface area contributed by atoms with Gasteiger partial charge in [0, 0.05) is 26.9 Å². The highest BCUT2D eigenvalue weighted by Crippen LogP contribution is 2.16. The second-order valence-corrected chi connectivity index (χ2v) is 6.90. The summed E-state index contributed by atoms with van der Waals surface area (Å²) in [6.07, 6.45) is 1.91. The van der Waals surface area contributed by atoms with Crippen LogP contribution in [0, 0.1) is 0 Å². The molecule has 0 saturated carbocycles. The Morgan fingerprint density at radius 1 is 1.06 bits per heavy atom. The van der Waals surface area contributed by atoms with E-state index >= 15 is 0 Å². The van der Waals surface area contributed by atoms with Crippen LogP contribution in [0.25, 0.3) is 0 Å². The molecule has 0 radical (unpaired) electrons. The molecule has 1 rings (SSSR count). The van der Waals surface area contributed by atoms with Crippen molar-refractivity contribution in [3.8, 4) is 0 Å². The average Bonchev–Trinajstić information content (AvgIpc) is 2.39. The largest absolute Gasteiger partial charge is 0.500 e. The lowest BCUT2D eigenvalue weighted by molar-refractivity contribution is 0.0992. The summed E-state index contributed by atoms with van der Waals surface area (Å²) < 4.78 is 16.8. The molecule has 0 bridgehead atoms. The molecule has 0 aliphatic carbocycles. The van der Waals surface area contributed by atoms with Crippen molar-refractivity contribution in [2.24, 2.45) is 0 Å². The molecule has 0 atom stereocenters. The van der Waals surface area contributed by atoms with Crippen molar-refractivity contribution in [2.45, 2.75) is 25.8 Å². The summed E-state index contributed by atoms with van der Waals surface area (Å²) in [6, 6.07) is 11.2. The van der Waals surface area contributed by atoms with Crippen LogP contribution in [0.5, 0.6) is 0 Å². The van der Waals surface area contributed by atoms with Crippen LogP contribution in [0.4, 0.5) is 0 Å². The van der Waals surface area contributed by atoms with E-state index in [1.54, 1.807) is 14.2 Å². The van der Waals surface area contributed by atoms with E-state index in [2.05, 4.69) is 19.1 Å². The van der Waals surface area contributed by atoms with Gasteiger partial charge in [-0.05, 0) is 12.0 Å². The van der Waals surface area contributed by atoms with E-state index in [4.69, 9.17) is 13.3 Å². The predicted octanol–water partition coefficient (Wildman–Crippen LogP) is 2.89. The van der Waals surface area contributed by atoms with Crippen molar-refractivity contribution in [2.75, 3.05) is 20.8 Å². The first-order valence-electron chi connectivity index (χ1n) is 6.04. The van der Waals surface area contributed by atoms with E-state index in [9.17, 15) is 0 Å². The normalized spacial score (nSPS) is 11.7. The molecule has 0 amide bonds. The molecule has 1 aromatic carbocycles. The van der Waals surface area contributed by atoms with Crippen LogP contribution in [-0.4, -0.2) is 29.6 Å². The molecule has 3 nitrogen and oxygen atoms in total. The maximum absolute atomic E-state index is 5.87. The number of rotatable bonds is 8. The second-order valence-electron chi connectivity index (χ2n) is 3.93. The minimum atomic E-state index is -2.40. The summed E-state index contributed by atoms with van der Waals surface area (Å²) in [4.78, 5) is 0. The first-order valence-corrected chi connectivity index (χ1v) is 7.97. The fraction of sp³-hybridized carbons (Fsp3) is 0.538. The van der Waals surface area contributed by atoms with Crippen LogP contribution in [-0.2, 0) is 19.7 Å². The van der Waals surface area contributed by atoms with Crippen LogP contribution in [0.3, 0.4) is 0 Å². The van der Waals surface area contributed by atoms with Crippen LogP contribution in [0.1, 0.15) is 18.9 Å². The third kappa shape index (κ3) is 4.59. The van der Waals surface area contributed by atoms with Gasteiger partial charge in [0.1, 0.15) is 0 Å². The molecule has 96 valence electrons. The van der Waals surface area contributed by atoms with E-state index in [0.717, 1.165) is 18.9 Å². The quantitative estimate of drug-likeness (QED) is 0.668. The SMILES string of the molecule is CCC[Si](OC)(OC)OCCc1ccccc1. The second kappa shape index (κ2) is 7.61. The molecule has 0 aromatic heterocycles. The Hall–Kier alpha value is -0.683. The third-order valence-electron chi connectivity index (χ3n) is 2.73. The molecule has 0 N–H and O–H groups in total. The average molecular weight is 254 g/mol. The van der Waals surface area contributed by atoms with Gasteiger partial charge in [-0.25, -0.2) is 0 Å². The summed E-state index contributed by atoms with van der Waals surface area (Å²) in [5, 5.41) is 0. The first kappa shape index (κ1) is 14.4. The summed E-state index contributed by atoms with van der Waals surface area (Å²) in [5.74, 6) is 0. The zero-order chi connectivity index (χ0) is 12.6. The summed E-state index contributed by atoms with van der Waals surface area (Å²) >= 11 is 0. The molecule has 0 aliphatic heterocycles. The van der Waals surface area contributed by atoms with Gasteiger partial charge in [0.25, 0.3) is 0 Å². The zero-order valence-electron chi connectivity index (χ0n) is 10.9. The Labute approximate surface area is 105 Å². The van der Waals surface area contributed by atoms with E-state index in [0.29, 0.717) is 6.61 Å². The Morgan fingerprint density at radius 3 is 2.24 bits per heavy atom. The molecule has 1 aromatic rings. The number of hydrogen-bond acceptors (Lipinski definition) is 3. The first-order chi connectivity index (χ1) is 8.26. The van der Waals surface area contributed by atoms with Crippen molar-refractivity contribution in [1.82, 2.24) is 0 Å². The smallest absolute Gasteiger partial charge is 0.377 e. The van der Waals surface area contributed by atoms with Gasteiger partial charge >= 0.3 is 8.80 Å². The van der Waals surface area contributed by atoms with Crippen molar-refractivity contribution in [3.63, 3.8) is 0 Å². The minimum Gasteiger partial charge on any atom is -0.377 e. The van der Waals surface area contributed by atoms with Crippen LogP contribution in [0.2, 0.25) is 6.04 Å². The van der Waals surface area contributed by atoms with Gasteiger partial charge in [0.2, 0.25) is 0 Å². The highest BCUT2D eigenvalue weighted by molar-refractivity contribution is 6.60. The van der Waals surface area contributed by atoms with Gasteiger partial charge < -0.3 is 13.3 Å². The molecule has 0 spiro atoms. The number of hydrogen-bond donors (Lipinski definition) is 0. The minimum absolute atomic E-state index is 0.651. The Bertz CT molecular complexity index is 299. The lowest BCUT2D eigenvalue weighted by Gasteiger charge is -2.25. The Morgan fingerprint density at radius 2 is 1.71 bits per heavy atom. The lowest BCUT2D eigenvalue weighted by atomic mass is 10.2. The van der Waals surface area contributed by atoms with Gasteiger partial charge in [0.05, 0.1) is 0 Å². The van der Waals surface area contributed by atoms with Crippen LogP contribution in [0.15, 0.2) is 30.3 Å². The fourth-order valence-electron chi connectivity index (χ4n) is 1.75. The highest BCUT2D eigenvalue weighted by atomic mass is 28.4. The van der Waals surface area contributed by atoms with Gasteiger partial charge in [0.15, 0.2) is 0 Å². The van der Waals surface area contributed by atoms with Crippen LogP contribution < -0.4 is 0 Å². The van der Waals surface area contributed by atoms with Crippen molar-refractivity contribution >= 4 is 8.80 Å². The summed E-state index contributed by atoms with van der Waals surface area (Å²) in [7, 11) is 0.952. The molecule has 0 fully saturated rings. The molecule has 0 saturated heterocycles. The molecule has 0 unspecified atom stereocenters. The summed E-state index contributed by atoms with van der Waals surface area (Å²) in [5.41, 5.74) is 1.28. The van der Waals surface area contributed by atoms with Gasteiger partial charge in [-0.15, -0.1) is 0 Å². The van der Waals surface area contributed by atoms with Crippen LogP contribution >= 0.6 is 0 Å². The summed E-state index contributed by atoms with van der Waals surface area (Å²) in [6.45, 7) is 2.76. The molecule has 0 heterocycles. The Balaban J connectivity index is 2.42. The standard InChI is InChI=1S/C13H22O3Si/c1-4-12-17(14-2,15-3)16-11-10-13-8-6-5-7-9-13/h5-9H,4,10-12H2,1-3H3. The maximum Gasteiger partial charge on any atom is 0.500 e. The molecule has 0 aliphatic rings. The zero-order valence-corrected chi connectivity index (χ0v) is 11.9. The topological polar surface area (TPSA) is 27.7 Å². The maximum atomic E-state index is 5.87. The van der Waals surface area contributed by atoms with E-state index in [1.807, 2.05) is 18.2 Å². The van der Waals surface area contributed by atoms with Crippen molar-refractivity contribution < 1.29 is 13.3 Å². The monoisotopic (exact) mass is 254 g/mol. The van der Waals surface area contributed by atoms with Crippen molar-refractivity contribution in [3.05, 3.63) is 35.9 Å². The molecule has 17 heavy (non-hydrogen) atoms. The van der Waals surface area contributed by atoms with Gasteiger partial charge in [-0.3, -0.25) is 0 Å². The lowest BCUT2D eigenvalue weighted by Crippen LogP contribution is -2.44. The predicted molar refractivity (Wildman–Crippen MR) is 71.0 cm³/mol. The fourth-order valence-corrected chi connectivity index (χ4v) is 3.73. The molecular formula is C13H22O3Si. The van der Waals surface area contributed by atoms with E-state index in [-0.39, 0.29) is 0 Å². The molecular weight excluding hydrogens is 232 g/mol. The number of benzene rings is 1. The molecule has 4 heteroatoms. The van der Waals surface area contributed by atoms with E-state index < -0.39 is 8.80 Å². The third-order valence-corrected chi connectivity index (χ3v) is 5.73. The highest BCUT2D eigenvalue weighted by Gasteiger charge is 2.37. The van der Waals surface area contributed by atoms with Gasteiger partial charge in [-0.1, -0.05) is 43.7 Å².